The predicted molar refractivity (Wildman–Crippen MR) is 65.0 cm³/mol. The molecule has 0 radical (unpaired) electrons. The number of hydrogen-bond donors (Lipinski definition) is 0. The molecule has 4 nitrogen and oxygen atoms in total. The van der Waals surface area contributed by atoms with Gasteiger partial charge in [-0.15, -0.1) is 0 Å². The third-order valence-electron chi connectivity index (χ3n) is 2.89. The fourth-order valence-electron chi connectivity index (χ4n) is 2.10. The number of carbonyl (C=O) groups excluding carboxylic acids is 1. The number of aromatic nitrogens is 1. The Hall–Kier alpha value is -1.58. The zero-order chi connectivity index (χ0) is 12.6. The van der Waals surface area contributed by atoms with Crippen molar-refractivity contribution in [3.63, 3.8) is 0 Å². The summed E-state index contributed by atoms with van der Waals surface area (Å²) in [5, 5.41) is 4.02. The van der Waals surface area contributed by atoms with Gasteiger partial charge < -0.3 is 9.42 Å². The molecule has 0 N–H and O–H groups in total. The molecule has 1 aromatic heterocycles. The van der Waals surface area contributed by atoms with E-state index in [1.807, 2.05) is 39.0 Å². The first-order valence-corrected chi connectivity index (χ1v) is 5.91. The highest BCUT2D eigenvalue weighted by Gasteiger charge is 2.30. The molecule has 0 bridgehead atoms. The molecule has 0 spiro atoms. The number of ketones is 1. The molecule has 92 valence electrons. The Morgan fingerprint density at radius 2 is 2.06 bits per heavy atom. The lowest BCUT2D eigenvalue weighted by molar-refractivity contribution is 0.102. The first-order chi connectivity index (χ1) is 8.00. The second-order valence-corrected chi connectivity index (χ2v) is 4.97. The minimum Gasteiger partial charge on any atom is -0.383 e. The summed E-state index contributed by atoms with van der Waals surface area (Å²) in [4.78, 5) is 14.2. The fourth-order valence-corrected chi connectivity index (χ4v) is 2.10. The minimum atomic E-state index is 0.0740. The summed E-state index contributed by atoms with van der Waals surface area (Å²) < 4.78 is 5.26. The normalized spacial score (nSPS) is 17.7. The van der Waals surface area contributed by atoms with Crippen molar-refractivity contribution >= 4 is 5.78 Å². The molecule has 4 heteroatoms. The van der Waals surface area contributed by atoms with Crippen LogP contribution < -0.4 is 0 Å². The summed E-state index contributed by atoms with van der Waals surface area (Å²) in [5.41, 5.74) is 2.32. The van der Waals surface area contributed by atoms with Gasteiger partial charge >= 0.3 is 0 Å². The van der Waals surface area contributed by atoms with Crippen LogP contribution in [0.3, 0.4) is 0 Å². The molecule has 0 aliphatic heterocycles. The molecule has 0 unspecified atom stereocenters. The van der Waals surface area contributed by atoms with Gasteiger partial charge in [-0.25, -0.2) is 0 Å². The van der Waals surface area contributed by atoms with Crippen molar-refractivity contribution in [2.24, 2.45) is 0 Å². The van der Waals surface area contributed by atoms with Crippen molar-refractivity contribution in [1.29, 1.82) is 0 Å². The molecule has 0 amide bonds. The Morgan fingerprint density at radius 1 is 1.35 bits per heavy atom. The van der Waals surface area contributed by atoms with Crippen LogP contribution in [0.5, 0.6) is 0 Å². The van der Waals surface area contributed by atoms with E-state index < -0.39 is 0 Å². The van der Waals surface area contributed by atoms with Crippen LogP contribution >= 0.6 is 0 Å². The zero-order valence-electron chi connectivity index (χ0n) is 10.8. The molecule has 0 saturated heterocycles. The number of allylic oxidation sites excluding steroid dienone is 1. The van der Waals surface area contributed by atoms with Crippen molar-refractivity contribution in [1.82, 2.24) is 10.1 Å². The summed E-state index contributed by atoms with van der Waals surface area (Å²) in [6.07, 6.45) is 3.39. The number of Topliss-reactive ketones (excluding diaryl/α,β-unsaturated/α-hetero) is 1. The van der Waals surface area contributed by atoms with Crippen molar-refractivity contribution in [3.05, 3.63) is 28.8 Å². The maximum Gasteiger partial charge on any atom is 0.195 e. The number of fused-ring (bicyclic) bond motifs is 1. The summed E-state index contributed by atoms with van der Waals surface area (Å²) in [6, 6.07) is 0. The van der Waals surface area contributed by atoms with Crippen LogP contribution in [0, 0.1) is 0 Å². The summed E-state index contributed by atoms with van der Waals surface area (Å²) in [6.45, 7) is 4.05. The lowest BCUT2D eigenvalue weighted by Gasteiger charge is -2.16. The van der Waals surface area contributed by atoms with E-state index in [9.17, 15) is 4.79 Å². The van der Waals surface area contributed by atoms with Gasteiger partial charge in [-0.05, 0) is 12.3 Å². The molecule has 1 aromatic rings. The summed E-state index contributed by atoms with van der Waals surface area (Å²) >= 11 is 0. The van der Waals surface area contributed by atoms with Crippen molar-refractivity contribution in [2.75, 3.05) is 14.1 Å². The topological polar surface area (TPSA) is 46.3 Å². The van der Waals surface area contributed by atoms with Crippen molar-refractivity contribution < 1.29 is 9.32 Å². The Morgan fingerprint density at radius 3 is 2.65 bits per heavy atom. The molecule has 1 aliphatic rings. The zero-order valence-corrected chi connectivity index (χ0v) is 10.8. The second-order valence-electron chi connectivity index (χ2n) is 4.97. The van der Waals surface area contributed by atoms with E-state index in [0.29, 0.717) is 5.56 Å². The van der Waals surface area contributed by atoms with Crippen molar-refractivity contribution in [3.8, 4) is 0 Å². The Bertz CT molecular complexity index is 470. The van der Waals surface area contributed by atoms with Gasteiger partial charge in [-0.1, -0.05) is 19.0 Å². The predicted octanol–water partition coefficient (Wildman–Crippen LogP) is 2.37. The van der Waals surface area contributed by atoms with Crippen LogP contribution in [-0.2, 0) is 6.42 Å². The first-order valence-electron chi connectivity index (χ1n) is 5.91. The van der Waals surface area contributed by atoms with Gasteiger partial charge in [0.15, 0.2) is 5.78 Å². The van der Waals surface area contributed by atoms with Crippen LogP contribution in [0.25, 0.3) is 0 Å². The third-order valence-corrected chi connectivity index (χ3v) is 2.89. The number of aryl methyl sites for hydroxylation is 1. The first kappa shape index (κ1) is 11.9. The quantitative estimate of drug-likeness (QED) is 0.737. The molecular weight excluding hydrogens is 216 g/mol. The number of nitrogens with zero attached hydrogens (tertiary/aromatic N) is 2. The maximum absolute atomic E-state index is 12.3. The lowest BCUT2D eigenvalue weighted by atomic mass is 9.88. The standard InChI is InChI=1S/C13H18N2O2/c1-8(2)12-11-10(17-14-12)6-5-9(13(11)16)7-15(3)4/h7-8H,5-6H2,1-4H3/b9-7-. The third kappa shape index (κ3) is 2.12. The van der Waals surface area contributed by atoms with Gasteiger partial charge in [-0.2, -0.15) is 0 Å². The lowest BCUT2D eigenvalue weighted by Crippen LogP contribution is -2.17. The Kier molecular flexibility index (Phi) is 3.05. The monoisotopic (exact) mass is 234 g/mol. The van der Waals surface area contributed by atoms with Gasteiger partial charge in [0, 0.05) is 32.3 Å². The summed E-state index contributed by atoms with van der Waals surface area (Å²) in [7, 11) is 3.85. The molecule has 0 atom stereocenters. The van der Waals surface area contributed by atoms with E-state index >= 15 is 0 Å². The van der Waals surface area contributed by atoms with Crippen LogP contribution in [0.1, 0.15) is 48.0 Å². The van der Waals surface area contributed by atoms with Crippen LogP contribution in [0.15, 0.2) is 16.3 Å². The van der Waals surface area contributed by atoms with Gasteiger partial charge in [0.2, 0.25) is 0 Å². The largest absolute Gasteiger partial charge is 0.383 e. The van der Waals surface area contributed by atoms with Crippen LogP contribution in [0.2, 0.25) is 0 Å². The number of rotatable bonds is 2. The van der Waals surface area contributed by atoms with E-state index in [-0.39, 0.29) is 11.7 Å². The minimum absolute atomic E-state index is 0.0740. The second kappa shape index (κ2) is 4.35. The smallest absolute Gasteiger partial charge is 0.195 e. The Labute approximate surface area is 101 Å². The highest BCUT2D eigenvalue weighted by atomic mass is 16.5. The van der Waals surface area contributed by atoms with Gasteiger partial charge in [0.1, 0.15) is 5.76 Å². The highest BCUT2D eigenvalue weighted by molar-refractivity contribution is 6.11. The Balaban J connectivity index is 2.43. The van der Waals surface area contributed by atoms with E-state index in [2.05, 4.69) is 5.16 Å². The van der Waals surface area contributed by atoms with E-state index in [0.717, 1.165) is 29.9 Å². The van der Waals surface area contributed by atoms with Crippen molar-refractivity contribution in [2.45, 2.75) is 32.6 Å². The molecule has 2 rings (SSSR count). The summed E-state index contributed by atoms with van der Waals surface area (Å²) in [5.74, 6) is 1.03. The average molecular weight is 234 g/mol. The van der Waals surface area contributed by atoms with E-state index in [1.54, 1.807) is 0 Å². The van der Waals surface area contributed by atoms with E-state index in [1.165, 1.54) is 0 Å². The molecule has 0 saturated carbocycles. The SMILES string of the molecule is CC(C)c1noc2c1C(=O)/C(=C\N(C)C)CC2. The molecule has 1 aliphatic carbocycles. The number of carbonyl (C=O) groups is 1. The average Bonchev–Trinajstić information content (AvgIpc) is 2.66. The van der Waals surface area contributed by atoms with Crippen LogP contribution in [-0.4, -0.2) is 29.9 Å². The number of hydrogen-bond acceptors (Lipinski definition) is 4. The fraction of sp³-hybridized carbons (Fsp3) is 0.538. The maximum atomic E-state index is 12.3. The molecular formula is C13H18N2O2. The van der Waals surface area contributed by atoms with Crippen LogP contribution in [0.4, 0.5) is 0 Å². The van der Waals surface area contributed by atoms with E-state index in [4.69, 9.17) is 4.52 Å². The molecule has 0 aromatic carbocycles. The molecule has 0 fully saturated rings. The molecule has 1 heterocycles. The van der Waals surface area contributed by atoms with Gasteiger partial charge in [0.25, 0.3) is 0 Å². The molecule has 17 heavy (non-hydrogen) atoms. The van der Waals surface area contributed by atoms with Gasteiger partial charge in [-0.3, -0.25) is 4.79 Å². The highest BCUT2D eigenvalue weighted by Crippen LogP contribution is 2.31. The van der Waals surface area contributed by atoms with Gasteiger partial charge in [0.05, 0.1) is 11.3 Å².